The number of likely N-dealkylation sites (tertiary alicyclic amines) is 1. The van der Waals surface area contributed by atoms with Crippen molar-refractivity contribution in [1.29, 1.82) is 0 Å². The molecule has 1 saturated heterocycles. The maximum Gasteiger partial charge on any atom is 0.0491 e. The van der Waals surface area contributed by atoms with Crippen LogP contribution < -0.4 is 5.73 Å². The van der Waals surface area contributed by atoms with Crippen LogP contribution in [0, 0.1) is 5.92 Å². The third-order valence-corrected chi connectivity index (χ3v) is 3.54. The summed E-state index contributed by atoms with van der Waals surface area (Å²) in [5, 5.41) is 0. The first-order valence-corrected chi connectivity index (χ1v) is 5.72. The highest BCUT2D eigenvalue weighted by Crippen LogP contribution is 2.33. The van der Waals surface area contributed by atoms with Crippen LogP contribution in [0.25, 0.3) is 0 Å². The van der Waals surface area contributed by atoms with E-state index in [2.05, 4.69) is 4.90 Å². The molecule has 0 radical (unpaired) electrons. The van der Waals surface area contributed by atoms with Gasteiger partial charge in [-0.2, -0.15) is 0 Å². The molecule has 82 valence electrons. The van der Waals surface area contributed by atoms with Gasteiger partial charge in [-0.15, -0.1) is 0 Å². The predicted molar refractivity (Wildman–Crippen MR) is 57.2 cm³/mol. The number of hydrogen-bond donors (Lipinski definition) is 1. The Labute approximate surface area is 86.6 Å². The number of hydrogen-bond acceptors (Lipinski definition) is 3. The third kappa shape index (κ3) is 2.69. The molecule has 2 N–H and O–H groups in total. The zero-order chi connectivity index (χ0) is 10.0. The Bertz CT molecular complexity index is 184. The normalized spacial score (nSPS) is 27.9. The maximum absolute atomic E-state index is 6.10. The molecular formula is C11H22N2O. The van der Waals surface area contributed by atoms with E-state index in [9.17, 15) is 0 Å². The SMILES string of the molecule is COCC1CCN(CC2(N)CC2)CC1. The number of piperidine rings is 1. The molecule has 0 atom stereocenters. The van der Waals surface area contributed by atoms with Crippen molar-refractivity contribution in [2.45, 2.75) is 31.2 Å². The molecular weight excluding hydrogens is 176 g/mol. The van der Waals surface area contributed by atoms with Crippen LogP contribution in [0.15, 0.2) is 0 Å². The second-order valence-corrected chi connectivity index (χ2v) is 5.04. The Kier molecular flexibility index (Phi) is 3.10. The summed E-state index contributed by atoms with van der Waals surface area (Å²) in [4.78, 5) is 2.53. The standard InChI is InChI=1S/C11H22N2O/c1-14-8-10-2-6-13(7-3-10)9-11(12)4-5-11/h10H,2-9,12H2,1H3. The van der Waals surface area contributed by atoms with Crippen molar-refractivity contribution in [2.75, 3.05) is 33.4 Å². The van der Waals surface area contributed by atoms with Crippen molar-refractivity contribution in [3.05, 3.63) is 0 Å². The minimum Gasteiger partial charge on any atom is -0.384 e. The summed E-state index contributed by atoms with van der Waals surface area (Å²) in [6, 6.07) is 0. The van der Waals surface area contributed by atoms with Gasteiger partial charge in [-0.25, -0.2) is 0 Å². The van der Waals surface area contributed by atoms with E-state index >= 15 is 0 Å². The van der Waals surface area contributed by atoms with Crippen LogP contribution in [0.2, 0.25) is 0 Å². The second kappa shape index (κ2) is 4.17. The summed E-state index contributed by atoms with van der Waals surface area (Å²) >= 11 is 0. The lowest BCUT2D eigenvalue weighted by molar-refractivity contribution is 0.0959. The number of methoxy groups -OCH3 is 1. The van der Waals surface area contributed by atoms with E-state index in [1.165, 1.54) is 38.8 Å². The van der Waals surface area contributed by atoms with Gasteiger partial charge in [-0.1, -0.05) is 0 Å². The smallest absolute Gasteiger partial charge is 0.0491 e. The molecule has 3 nitrogen and oxygen atoms in total. The zero-order valence-corrected chi connectivity index (χ0v) is 9.17. The molecule has 0 bridgehead atoms. The number of nitrogens with two attached hydrogens (primary N) is 1. The molecule has 3 heteroatoms. The van der Waals surface area contributed by atoms with Crippen LogP contribution in [0.4, 0.5) is 0 Å². The first-order valence-electron chi connectivity index (χ1n) is 5.72. The lowest BCUT2D eigenvalue weighted by Crippen LogP contribution is -2.43. The molecule has 0 amide bonds. The van der Waals surface area contributed by atoms with E-state index in [1.54, 1.807) is 7.11 Å². The van der Waals surface area contributed by atoms with E-state index < -0.39 is 0 Å². The summed E-state index contributed by atoms with van der Waals surface area (Å²) in [5.41, 5.74) is 6.29. The van der Waals surface area contributed by atoms with Gasteiger partial charge in [-0.05, 0) is 44.7 Å². The van der Waals surface area contributed by atoms with Gasteiger partial charge in [0, 0.05) is 25.8 Å². The zero-order valence-electron chi connectivity index (χ0n) is 9.17. The van der Waals surface area contributed by atoms with Crippen molar-refractivity contribution in [2.24, 2.45) is 11.7 Å². The molecule has 0 aromatic carbocycles. The molecule has 14 heavy (non-hydrogen) atoms. The molecule has 2 rings (SSSR count). The summed E-state index contributed by atoms with van der Waals surface area (Å²) in [6.45, 7) is 4.48. The molecule has 2 fully saturated rings. The highest BCUT2D eigenvalue weighted by Gasteiger charge is 2.40. The van der Waals surface area contributed by atoms with Crippen LogP contribution >= 0.6 is 0 Å². The third-order valence-electron chi connectivity index (χ3n) is 3.54. The first-order chi connectivity index (χ1) is 6.72. The molecule has 0 unspecified atom stereocenters. The Morgan fingerprint density at radius 1 is 1.36 bits per heavy atom. The van der Waals surface area contributed by atoms with Crippen molar-refractivity contribution >= 4 is 0 Å². The lowest BCUT2D eigenvalue weighted by atomic mass is 9.97. The molecule has 0 aromatic heterocycles. The number of ether oxygens (including phenoxy) is 1. The summed E-state index contributed by atoms with van der Waals surface area (Å²) in [5.74, 6) is 0.782. The van der Waals surface area contributed by atoms with Gasteiger partial charge in [0.25, 0.3) is 0 Å². The van der Waals surface area contributed by atoms with Crippen LogP contribution in [0.3, 0.4) is 0 Å². The Balaban J connectivity index is 1.68. The number of rotatable bonds is 4. The van der Waals surface area contributed by atoms with Crippen LogP contribution in [0.5, 0.6) is 0 Å². The van der Waals surface area contributed by atoms with Crippen molar-refractivity contribution in [3.8, 4) is 0 Å². The van der Waals surface area contributed by atoms with Crippen LogP contribution in [-0.2, 0) is 4.74 Å². The molecule has 1 saturated carbocycles. The Morgan fingerprint density at radius 3 is 2.50 bits per heavy atom. The van der Waals surface area contributed by atoms with Gasteiger partial charge in [-0.3, -0.25) is 0 Å². The summed E-state index contributed by atoms with van der Waals surface area (Å²) in [6.07, 6.45) is 5.02. The fourth-order valence-electron chi connectivity index (χ4n) is 2.31. The van der Waals surface area contributed by atoms with E-state index in [0.717, 1.165) is 19.1 Å². The van der Waals surface area contributed by atoms with Crippen molar-refractivity contribution in [1.82, 2.24) is 4.90 Å². The van der Waals surface area contributed by atoms with Gasteiger partial charge in [0.05, 0.1) is 0 Å². The maximum atomic E-state index is 6.10. The second-order valence-electron chi connectivity index (χ2n) is 5.04. The molecule has 1 heterocycles. The van der Waals surface area contributed by atoms with Crippen molar-refractivity contribution in [3.63, 3.8) is 0 Å². The fourth-order valence-corrected chi connectivity index (χ4v) is 2.31. The topological polar surface area (TPSA) is 38.5 Å². The van der Waals surface area contributed by atoms with E-state index in [-0.39, 0.29) is 5.54 Å². The summed E-state index contributed by atoms with van der Waals surface area (Å²) in [7, 11) is 1.80. The quantitative estimate of drug-likeness (QED) is 0.727. The first kappa shape index (κ1) is 10.4. The van der Waals surface area contributed by atoms with Crippen molar-refractivity contribution < 1.29 is 4.74 Å². The van der Waals surface area contributed by atoms with Crippen LogP contribution in [-0.4, -0.2) is 43.8 Å². The minimum absolute atomic E-state index is 0.189. The number of nitrogens with zero attached hydrogens (tertiary/aromatic N) is 1. The largest absolute Gasteiger partial charge is 0.384 e. The monoisotopic (exact) mass is 198 g/mol. The highest BCUT2D eigenvalue weighted by atomic mass is 16.5. The van der Waals surface area contributed by atoms with Gasteiger partial charge >= 0.3 is 0 Å². The van der Waals surface area contributed by atoms with E-state index in [0.29, 0.717) is 0 Å². The molecule has 1 aliphatic carbocycles. The summed E-state index contributed by atoms with van der Waals surface area (Å²) < 4.78 is 5.19. The molecule has 2 aliphatic rings. The minimum atomic E-state index is 0.189. The Morgan fingerprint density at radius 2 is 2.00 bits per heavy atom. The molecule has 0 spiro atoms. The fraction of sp³-hybridized carbons (Fsp3) is 1.00. The van der Waals surface area contributed by atoms with E-state index in [4.69, 9.17) is 10.5 Å². The van der Waals surface area contributed by atoms with Gasteiger partial charge in [0.2, 0.25) is 0 Å². The van der Waals surface area contributed by atoms with Gasteiger partial charge in [0.1, 0.15) is 0 Å². The Hall–Kier alpha value is -0.120. The average molecular weight is 198 g/mol. The van der Waals surface area contributed by atoms with E-state index in [1.807, 2.05) is 0 Å². The molecule has 0 aromatic rings. The lowest BCUT2D eigenvalue weighted by Gasteiger charge is -2.33. The highest BCUT2D eigenvalue weighted by molar-refractivity contribution is 5.01. The van der Waals surface area contributed by atoms with Gasteiger partial charge < -0.3 is 15.4 Å². The average Bonchev–Trinajstić information content (AvgIpc) is 2.88. The van der Waals surface area contributed by atoms with Crippen LogP contribution in [0.1, 0.15) is 25.7 Å². The predicted octanol–water partition coefficient (Wildman–Crippen LogP) is 0.836. The van der Waals surface area contributed by atoms with Gasteiger partial charge in [0.15, 0.2) is 0 Å². The molecule has 1 aliphatic heterocycles.